The third-order valence-electron chi connectivity index (χ3n) is 15.4. The van der Waals surface area contributed by atoms with Crippen LogP contribution in [0.25, 0.3) is 0 Å². The first-order chi connectivity index (χ1) is 20.4. The van der Waals surface area contributed by atoms with Crippen LogP contribution in [0, 0.1) is 37.9 Å². The maximum Gasteiger partial charge on any atom is 0.223 e. The van der Waals surface area contributed by atoms with Crippen LogP contribution in [0.4, 0.5) is 0 Å². The number of hydrogen-bond donors (Lipinski definition) is 2. The lowest BCUT2D eigenvalue weighted by atomic mass is 9.56. The van der Waals surface area contributed by atoms with Crippen molar-refractivity contribution in [2.24, 2.45) is 49.4 Å². The van der Waals surface area contributed by atoms with Gasteiger partial charge in [0, 0.05) is 42.4 Å². The van der Waals surface area contributed by atoms with E-state index in [-0.39, 0.29) is 61.3 Å². The standard InChI is InChI=1S/C38H67N5O2/c1-14-30(2,3)34(10,11)26(42-19-17-41-25-42)20-31(4,5)35(12)23-37(35,28-29(39)45-28)21-32(6,7)36(13)24-38(36,22-33(8,9)40)43-18-15-16-27(43)44/h17,19,25-26,28-29H,14-16,18,20-24,39-40H2,1-13H3. The highest BCUT2D eigenvalue weighted by atomic mass is 16.6. The monoisotopic (exact) mass is 626 g/mol. The quantitative estimate of drug-likeness (QED) is 0.206. The number of likely N-dealkylation sites (tertiary alicyclic amines) is 1. The summed E-state index contributed by atoms with van der Waals surface area (Å²) in [7, 11) is 0. The van der Waals surface area contributed by atoms with E-state index in [4.69, 9.17) is 16.2 Å². The van der Waals surface area contributed by atoms with Crippen molar-refractivity contribution in [3.8, 4) is 0 Å². The number of ether oxygens (including phenoxy) is 1. The predicted molar refractivity (Wildman–Crippen MR) is 183 cm³/mol. The van der Waals surface area contributed by atoms with Crippen molar-refractivity contribution < 1.29 is 9.53 Å². The molecule has 1 amide bonds. The number of imidazole rings is 1. The molecule has 7 nitrogen and oxygen atoms in total. The van der Waals surface area contributed by atoms with E-state index in [1.807, 2.05) is 12.5 Å². The van der Waals surface area contributed by atoms with Crippen molar-refractivity contribution in [1.29, 1.82) is 0 Å². The lowest BCUT2D eigenvalue weighted by Crippen LogP contribution is -2.52. The summed E-state index contributed by atoms with van der Waals surface area (Å²) in [4.78, 5) is 20.0. The van der Waals surface area contributed by atoms with E-state index < -0.39 is 0 Å². The number of rotatable bonds is 14. The first kappa shape index (κ1) is 34.9. The largest absolute Gasteiger partial charge is 0.353 e. The molecule has 7 atom stereocenters. The molecule has 1 aromatic heterocycles. The Kier molecular flexibility index (Phi) is 7.97. The third kappa shape index (κ3) is 5.15. The van der Waals surface area contributed by atoms with E-state index in [2.05, 4.69) is 111 Å². The number of carbonyl (C=O) groups excluding carboxylic acids is 1. The SMILES string of the molecule is CCC(C)(C)C(C)(C)C(CC(C)(C)C1(C)CC1(CC(C)(C)C1(C)CC1(CC(C)(C)N)N1CCCC1=O)C1OC1N)n1ccnc1. The fraction of sp³-hybridized carbons (Fsp3) is 0.895. The summed E-state index contributed by atoms with van der Waals surface area (Å²) in [6.45, 7) is 32.0. The van der Waals surface area contributed by atoms with E-state index in [1.54, 1.807) is 0 Å². The Labute approximate surface area is 275 Å². The summed E-state index contributed by atoms with van der Waals surface area (Å²) in [5.41, 5.74) is 12.9. The summed E-state index contributed by atoms with van der Waals surface area (Å²) >= 11 is 0. The van der Waals surface area contributed by atoms with Crippen LogP contribution in [0.15, 0.2) is 18.7 Å². The van der Waals surface area contributed by atoms with E-state index in [9.17, 15) is 4.79 Å². The predicted octanol–water partition coefficient (Wildman–Crippen LogP) is 7.70. The molecule has 256 valence electrons. The van der Waals surface area contributed by atoms with Crippen LogP contribution >= 0.6 is 0 Å². The van der Waals surface area contributed by atoms with Crippen molar-refractivity contribution >= 4 is 5.91 Å². The highest BCUT2D eigenvalue weighted by Crippen LogP contribution is 2.83. The molecule has 7 unspecified atom stereocenters. The molecule has 3 heterocycles. The Morgan fingerprint density at radius 3 is 2.09 bits per heavy atom. The van der Waals surface area contributed by atoms with Crippen LogP contribution in [0.5, 0.6) is 0 Å². The summed E-state index contributed by atoms with van der Waals surface area (Å²) in [6, 6.07) is 0.295. The minimum atomic E-state index is -0.353. The van der Waals surface area contributed by atoms with E-state index in [1.165, 1.54) is 0 Å². The van der Waals surface area contributed by atoms with E-state index in [0.29, 0.717) is 18.4 Å². The highest BCUT2D eigenvalue weighted by Gasteiger charge is 2.81. The van der Waals surface area contributed by atoms with Crippen molar-refractivity contribution in [3.63, 3.8) is 0 Å². The number of nitrogens with zero attached hydrogens (tertiary/aromatic N) is 3. The number of epoxide rings is 1. The molecular weight excluding hydrogens is 558 g/mol. The van der Waals surface area contributed by atoms with Gasteiger partial charge in [0.15, 0.2) is 0 Å². The van der Waals surface area contributed by atoms with Gasteiger partial charge in [0.2, 0.25) is 5.91 Å². The molecule has 45 heavy (non-hydrogen) atoms. The molecule has 7 heteroatoms. The van der Waals surface area contributed by atoms with Gasteiger partial charge in [0.05, 0.1) is 11.9 Å². The molecule has 0 aromatic carbocycles. The van der Waals surface area contributed by atoms with Gasteiger partial charge < -0.3 is 25.7 Å². The maximum absolute atomic E-state index is 13.3. The number of carbonyl (C=O) groups is 1. The summed E-state index contributed by atoms with van der Waals surface area (Å²) < 4.78 is 8.63. The number of hydrogen-bond acceptors (Lipinski definition) is 5. The third-order valence-corrected chi connectivity index (χ3v) is 15.4. The van der Waals surface area contributed by atoms with Gasteiger partial charge in [0.25, 0.3) is 0 Å². The summed E-state index contributed by atoms with van der Waals surface area (Å²) in [5.74, 6) is 0.307. The number of amides is 1. The minimum Gasteiger partial charge on any atom is -0.353 e. The molecule has 2 aliphatic carbocycles. The van der Waals surface area contributed by atoms with Crippen LogP contribution in [0.2, 0.25) is 0 Å². The Hall–Kier alpha value is -1.44. The molecule has 2 saturated heterocycles. The zero-order chi connectivity index (χ0) is 33.9. The molecular formula is C38H67N5O2. The lowest BCUT2D eigenvalue weighted by molar-refractivity contribution is -0.132. The Morgan fingerprint density at radius 1 is 1.00 bits per heavy atom. The van der Waals surface area contributed by atoms with Crippen LogP contribution in [0.3, 0.4) is 0 Å². The zero-order valence-corrected chi connectivity index (χ0v) is 31.1. The average Bonchev–Trinajstić information content (AvgIpc) is 3.74. The average molecular weight is 626 g/mol. The summed E-state index contributed by atoms with van der Waals surface area (Å²) in [5, 5.41) is 0. The van der Waals surface area contributed by atoms with Crippen LogP contribution in [-0.4, -0.2) is 50.3 Å². The second-order valence-electron chi connectivity index (χ2n) is 19.7. The van der Waals surface area contributed by atoms with Crippen molar-refractivity contribution in [2.75, 3.05) is 6.54 Å². The van der Waals surface area contributed by atoms with Gasteiger partial charge >= 0.3 is 0 Å². The lowest BCUT2D eigenvalue weighted by Gasteiger charge is -2.51. The number of nitrogens with two attached hydrogens (primary N) is 2. The molecule has 4 aliphatic rings. The van der Waals surface area contributed by atoms with Crippen LogP contribution < -0.4 is 11.5 Å². The van der Waals surface area contributed by atoms with Gasteiger partial charge in [-0.15, -0.1) is 0 Å². The smallest absolute Gasteiger partial charge is 0.223 e. The molecule has 4 fully saturated rings. The van der Waals surface area contributed by atoms with Crippen LogP contribution in [-0.2, 0) is 9.53 Å². The Balaban J connectivity index is 1.48. The second kappa shape index (κ2) is 10.3. The van der Waals surface area contributed by atoms with Gasteiger partial charge in [0.1, 0.15) is 12.3 Å². The summed E-state index contributed by atoms with van der Waals surface area (Å²) in [6.07, 6.45) is 13.7. The topological polar surface area (TPSA) is 103 Å². The van der Waals surface area contributed by atoms with Gasteiger partial charge in [-0.05, 0) is 84.9 Å². The minimum absolute atomic E-state index is 0.0104. The van der Waals surface area contributed by atoms with Gasteiger partial charge in [-0.2, -0.15) is 0 Å². The van der Waals surface area contributed by atoms with Gasteiger partial charge in [-0.25, -0.2) is 4.98 Å². The molecule has 0 bridgehead atoms. The fourth-order valence-corrected chi connectivity index (χ4v) is 10.6. The molecule has 5 rings (SSSR count). The molecule has 0 spiro atoms. The molecule has 2 aliphatic heterocycles. The van der Waals surface area contributed by atoms with E-state index in [0.717, 1.165) is 51.5 Å². The molecule has 4 N–H and O–H groups in total. The fourth-order valence-electron chi connectivity index (χ4n) is 10.6. The first-order valence-corrected chi connectivity index (χ1v) is 17.9. The molecule has 0 radical (unpaired) electrons. The zero-order valence-electron chi connectivity index (χ0n) is 31.1. The van der Waals surface area contributed by atoms with Crippen molar-refractivity contribution in [1.82, 2.24) is 14.5 Å². The van der Waals surface area contributed by atoms with Gasteiger partial charge in [-0.1, -0.05) is 82.6 Å². The highest BCUT2D eigenvalue weighted by molar-refractivity contribution is 5.80. The van der Waals surface area contributed by atoms with Crippen molar-refractivity contribution in [2.45, 2.75) is 171 Å². The first-order valence-electron chi connectivity index (χ1n) is 17.9. The van der Waals surface area contributed by atoms with Gasteiger partial charge in [-0.3, -0.25) is 4.79 Å². The maximum atomic E-state index is 13.3. The Bertz CT molecular complexity index is 1280. The number of aromatic nitrogens is 2. The second-order valence-corrected chi connectivity index (χ2v) is 19.7. The normalized spacial score (nSPS) is 36.4. The van der Waals surface area contributed by atoms with Crippen molar-refractivity contribution in [3.05, 3.63) is 18.7 Å². The van der Waals surface area contributed by atoms with Crippen LogP contribution in [0.1, 0.15) is 147 Å². The molecule has 2 saturated carbocycles. The Morgan fingerprint density at radius 2 is 1.62 bits per heavy atom. The van der Waals surface area contributed by atoms with E-state index >= 15 is 0 Å². The molecule has 1 aromatic rings.